The highest BCUT2D eigenvalue weighted by molar-refractivity contribution is 5.99. The fraction of sp³-hybridized carbons (Fsp3) is 0.409. The van der Waals surface area contributed by atoms with Crippen molar-refractivity contribution in [3.05, 3.63) is 41.5 Å². The molecule has 1 fully saturated rings. The van der Waals surface area contributed by atoms with Crippen LogP contribution in [0.2, 0.25) is 0 Å². The van der Waals surface area contributed by atoms with Crippen molar-refractivity contribution in [1.29, 1.82) is 5.26 Å². The highest BCUT2D eigenvalue weighted by Crippen LogP contribution is 2.31. The molecule has 10 nitrogen and oxygen atoms in total. The van der Waals surface area contributed by atoms with Gasteiger partial charge in [-0.05, 0) is 44.4 Å². The van der Waals surface area contributed by atoms with Gasteiger partial charge in [-0.15, -0.1) is 0 Å². The third-order valence-corrected chi connectivity index (χ3v) is 5.70. The quantitative estimate of drug-likeness (QED) is 0.680. The van der Waals surface area contributed by atoms with Gasteiger partial charge in [0.15, 0.2) is 12.3 Å². The topological polar surface area (TPSA) is 127 Å². The Kier molecular flexibility index (Phi) is 5.57. The second kappa shape index (κ2) is 8.34. The first kappa shape index (κ1) is 21.4. The lowest BCUT2D eigenvalue weighted by atomic mass is 9.78. The molecule has 166 valence electrons. The molecular weight excluding hydrogens is 414 g/mol. The Hall–Kier alpha value is -3.87. The molecule has 1 N–H and O–H groups in total. The molecule has 2 amide bonds. The SMILES string of the molecule is CCOC(=O)c1ncn2c1CN(C)C(=O)c1cc(OCC(=O)NC3(C#N)CCC3)ccc1-2. The molecule has 2 aromatic rings. The van der Waals surface area contributed by atoms with Crippen LogP contribution in [0.25, 0.3) is 5.69 Å². The number of nitrogens with zero attached hydrogens (tertiary/aromatic N) is 4. The van der Waals surface area contributed by atoms with Crippen molar-refractivity contribution >= 4 is 17.8 Å². The summed E-state index contributed by atoms with van der Waals surface area (Å²) < 4.78 is 12.4. The summed E-state index contributed by atoms with van der Waals surface area (Å²) in [5.41, 5.74) is 0.824. The van der Waals surface area contributed by atoms with E-state index in [0.29, 0.717) is 35.5 Å². The van der Waals surface area contributed by atoms with E-state index in [9.17, 15) is 19.6 Å². The molecule has 0 spiro atoms. The van der Waals surface area contributed by atoms with Crippen LogP contribution in [-0.2, 0) is 16.1 Å². The Morgan fingerprint density at radius 2 is 2.12 bits per heavy atom. The third kappa shape index (κ3) is 3.77. The molecule has 1 aliphatic carbocycles. The van der Waals surface area contributed by atoms with E-state index < -0.39 is 11.5 Å². The molecule has 2 heterocycles. The average molecular weight is 437 g/mol. The van der Waals surface area contributed by atoms with Crippen molar-refractivity contribution in [2.75, 3.05) is 20.3 Å². The number of rotatable bonds is 6. The standard InChI is InChI=1S/C22H23N5O5/c1-3-31-21(30)19-17-10-26(2)20(29)15-9-14(5-6-16(15)27(17)13-24-19)32-11-18(28)25-22(12-23)7-4-8-22/h5-6,9,13H,3-4,7-8,10-11H2,1-2H3,(H,25,28). The zero-order valence-corrected chi connectivity index (χ0v) is 17.9. The number of aromatic nitrogens is 2. The largest absolute Gasteiger partial charge is 0.484 e. The second-order valence-electron chi connectivity index (χ2n) is 7.85. The number of ether oxygens (including phenoxy) is 2. The highest BCUT2D eigenvalue weighted by atomic mass is 16.5. The van der Waals surface area contributed by atoms with Crippen LogP contribution in [-0.4, -0.2) is 58.0 Å². The minimum atomic E-state index is -0.790. The number of carbonyl (C=O) groups is 3. The normalized spacial score (nSPS) is 16.0. The summed E-state index contributed by atoms with van der Waals surface area (Å²) in [5, 5.41) is 12.0. The summed E-state index contributed by atoms with van der Waals surface area (Å²) in [6.07, 6.45) is 3.66. The van der Waals surface area contributed by atoms with Crippen LogP contribution < -0.4 is 10.1 Å². The lowest BCUT2D eigenvalue weighted by molar-refractivity contribution is -0.125. The van der Waals surface area contributed by atoms with Crippen molar-refractivity contribution in [3.63, 3.8) is 0 Å². The Balaban J connectivity index is 1.57. The van der Waals surface area contributed by atoms with Crippen LogP contribution >= 0.6 is 0 Å². The first-order chi connectivity index (χ1) is 15.4. The van der Waals surface area contributed by atoms with Gasteiger partial charge in [-0.1, -0.05) is 0 Å². The summed E-state index contributed by atoms with van der Waals surface area (Å²) in [5.74, 6) is -0.848. The molecule has 2 aliphatic rings. The number of amides is 2. The zero-order chi connectivity index (χ0) is 22.9. The first-order valence-corrected chi connectivity index (χ1v) is 10.4. The van der Waals surface area contributed by atoms with Gasteiger partial charge in [0.2, 0.25) is 0 Å². The number of benzene rings is 1. The van der Waals surface area contributed by atoms with E-state index in [1.807, 2.05) is 0 Å². The van der Waals surface area contributed by atoms with E-state index in [-0.39, 0.29) is 37.3 Å². The van der Waals surface area contributed by atoms with Gasteiger partial charge in [0.1, 0.15) is 17.6 Å². The maximum Gasteiger partial charge on any atom is 0.358 e. The Morgan fingerprint density at radius 1 is 1.34 bits per heavy atom. The van der Waals surface area contributed by atoms with Gasteiger partial charge in [-0.2, -0.15) is 5.26 Å². The molecule has 1 aliphatic heterocycles. The second-order valence-corrected chi connectivity index (χ2v) is 7.85. The third-order valence-electron chi connectivity index (χ3n) is 5.70. The molecule has 0 saturated heterocycles. The Labute approximate surface area is 184 Å². The minimum absolute atomic E-state index is 0.166. The lowest BCUT2D eigenvalue weighted by Gasteiger charge is -2.35. The smallest absolute Gasteiger partial charge is 0.358 e. The van der Waals surface area contributed by atoms with Crippen molar-refractivity contribution < 1.29 is 23.9 Å². The van der Waals surface area contributed by atoms with Gasteiger partial charge >= 0.3 is 5.97 Å². The molecule has 0 bridgehead atoms. The van der Waals surface area contributed by atoms with E-state index in [0.717, 1.165) is 6.42 Å². The summed E-state index contributed by atoms with van der Waals surface area (Å²) in [6.45, 7) is 1.85. The van der Waals surface area contributed by atoms with Gasteiger partial charge in [-0.3, -0.25) is 14.2 Å². The molecule has 1 saturated carbocycles. The molecule has 0 radical (unpaired) electrons. The number of nitrogens with one attached hydrogen (secondary N) is 1. The zero-order valence-electron chi connectivity index (χ0n) is 17.9. The monoisotopic (exact) mass is 437 g/mol. The van der Waals surface area contributed by atoms with Crippen LogP contribution in [0.4, 0.5) is 0 Å². The number of esters is 1. The van der Waals surface area contributed by atoms with Gasteiger partial charge in [0.05, 0.1) is 36.2 Å². The predicted octanol–water partition coefficient (Wildman–Crippen LogP) is 1.58. The number of hydrogen-bond acceptors (Lipinski definition) is 7. The fourth-order valence-corrected chi connectivity index (χ4v) is 3.84. The number of fused-ring (bicyclic) bond motifs is 3. The van der Waals surface area contributed by atoms with Gasteiger partial charge < -0.3 is 19.7 Å². The molecular formula is C22H23N5O5. The van der Waals surface area contributed by atoms with Gasteiger partial charge in [0, 0.05) is 7.05 Å². The van der Waals surface area contributed by atoms with E-state index in [1.54, 1.807) is 36.7 Å². The maximum atomic E-state index is 13.0. The van der Waals surface area contributed by atoms with Crippen molar-refractivity contribution in [2.45, 2.75) is 38.3 Å². The van der Waals surface area contributed by atoms with Crippen LogP contribution in [0.3, 0.4) is 0 Å². The van der Waals surface area contributed by atoms with Crippen molar-refractivity contribution in [2.24, 2.45) is 0 Å². The van der Waals surface area contributed by atoms with Crippen LogP contribution in [0.5, 0.6) is 5.75 Å². The molecule has 0 atom stereocenters. The van der Waals surface area contributed by atoms with Crippen molar-refractivity contribution in [3.8, 4) is 17.5 Å². The van der Waals surface area contributed by atoms with Crippen LogP contribution in [0, 0.1) is 11.3 Å². The van der Waals surface area contributed by atoms with E-state index in [4.69, 9.17) is 9.47 Å². The summed E-state index contributed by atoms with van der Waals surface area (Å²) in [4.78, 5) is 43.1. The van der Waals surface area contributed by atoms with Crippen LogP contribution in [0.1, 0.15) is 52.7 Å². The molecule has 1 aromatic carbocycles. The summed E-state index contributed by atoms with van der Waals surface area (Å²) in [7, 11) is 1.63. The van der Waals surface area contributed by atoms with E-state index in [1.165, 1.54) is 11.2 Å². The highest BCUT2D eigenvalue weighted by Gasteiger charge is 2.38. The van der Waals surface area contributed by atoms with E-state index in [2.05, 4.69) is 16.4 Å². The Morgan fingerprint density at radius 3 is 2.78 bits per heavy atom. The van der Waals surface area contributed by atoms with Crippen molar-refractivity contribution in [1.82, 2.24) is 19.8 Å². The number of imidazole rings is 1. The number of hydrogen-bond donors (Lipinski definition) is 1. The lowest BCUT2D eigenvalue weighted by Crippen LogP contribution is -2.53. The fourth-order valence-electron chi connectivity index (χ4n) is 3.84. The first-order valence-electron chi connectivity index (χ1n) is 10.4. The molecule has 32 heavy (non-hydrogen) atoms. The molecule has 10 heteroatoms. The number of carbonyl (C=O) groups excluding carboxylic acids is 3. The summed E-state index contributed by atoms with van der Waals surface area (Å²) in [6, 6.07) is 7.03. The molecule has 4 rings (SSSR count). The molecule has 1 aromatic heterocycles. The van der Waals surface area contributed by atoms with E-state index >= 15 is 0 Å². The predicted molar refractivity (Wildman–Crippen MR) is 111 cm³/mol. The average Bonchev–Trinajstić information content (AvgIpc) is 3.13. The van der Waals surface area contributed by atoms with Crippen LogP contribution in [0.15, 0.2) is 24.5 Å². The van der Waals surface area contributed by atoms with Gasteiger partial charge in [0.25, 0.3) is 11.8 Å². The minimum Gasteiger partial charge on any atom is -0.484 e. The summed E-state index contributed by atoms with van der Waals surface area (Å²) >= 11 is 0. The number of nitriles is 1. The molecule has 0 unspecified atom stereocenters. The Bertz CT molecular complexity index is 1130. The maximum absolute atomic E-state index is 13.0. The van der Waals surface area contributed by atoms with Gasteiger partial charge in [-0.25, -0.2) is 9.78 Å².